The van der Waals surface area contributed by atoms with Crippen LogP contribution in [0.4, 0.5) is 0 Å². The van der Waals surface area contributed by atoms with E-state index in [1.54, 1.807) is 0 Å². The Morgan fingerprint density at radius 1 is 1.11 bits per heavy atom. The summed E-state index contributed by atoms with van der Waals surface area (Å²) >= 11 is 0. The fraction of sp³-hybridized carbons (Fsp3) is 0.267. The molecule has 1 aromatic carbocycles. The van der Waals surface area contributed by atoms with Crippen LogP contribution in [0.15, 0.2) is 52.9 Å². The zero-order valence-corrected chi connectivity index (χ0v) is 10.8. The molecule has 3 heteroatoms. The number of aliphatic carboxylic acids is 1. The van der Waals surface area contributed by atoms with E-state index in [9.17, 15) is 9.90 Å². The summed E-state index contributed by atoms with van der Waals surface area (Å²) in [6.07, 6.45) is 0. The summed E-state index contributed by atoms with van der Waals surface area (Å²) in [7, 11) is 0. The van der Waals surface area contributed by atoms with Crippen molar-refractivity contribution in [2.45, 2.75) is 26.7 Å². The number of allylic oxidation sites excluding steroid dienone is 3. The van der Waals surface area contributed by atoms with Crippen molar-refractivity contribution in [1.29, 1.82) is 0 Å². The number of nitrogens with one attached hydrogen (secondary N) is 1. The van der Waals surface area contributed by atoms with Gasteiger partial charge in [-0.2, -0.15) is 0 Å². The van der Waals surface area contributed by atoms with Crippen LogP contribution in [0.2, 0.25) is 0 Å². The molecule has 1 aliphatic rings. The highest BCUT2D eigenvalue weighted by atomic mass is 16.4. The summed E-state index contributed by atoms with van der Waals surface area (Å²) in [5.74, 6) is -1.02. The fourth-order valence-corrected chi connectivity index (χ4v) is 2.44. The van der Waals surface area contributed by atoms with Crippen LogP contribution in [0, 0.1) is 0 Å². The molecule has 0 aromatic heterocycles. The zero-order valence-electron chi connectivity index (χ0n) is 10.8. The largest absolute Gasteiger partial charge is 0.478 e. The van der Waals surface area contributed by atoms with Crippen molar-refractivity contribution in [2.24, 2.45) is 0 Å². The fourth-order valence-electron chi connectivity index (χ4n) is 2.44. The molecule has 1 heterocycles. The first-order valence-electron chi connectivity index (χ1n) is 5.95. The van der Waals surface area contributed by atoms with Crippen molar-refractivity contribution >= 4 is 5.97 Å². The number of carboxylic acids is 1. The molecule has 0 amide bonds. The number of benzene rings is 1. The highest BCUT2D eigenvalue weighted by Crippen LogP contribution is 2.37. The highest BCUT2D eigenvalue weighted by molar-refractivity contribution is 5.90. The number of carbonyl (C=O) groups is 1. The first kappa shape index (κ1) is 12.4. The Morgan fingerprint density at radius 2 is 1.72 bits per heavy atom. The van der Waals surface area contributed by atoms with Crippen LogP contribution in [-0.4, -0.2) is 11.1 Å². The minimum absolute atomic E-state index is 0.162. The van der Waals surface area contributed by atoms with Crippen LogP contribution < -0.4 is 5.32 Å². The number of dihydropyridines is 1. The molecule has 2 rings (SSSR count). The van der Waals surface area contributed by atoms with E-state index in [0.717, 1.165) is 22.5 Å². The first-order chi connectivity index (χ1) is 8.52. The van der Waals surface area contributed by atoms with E-state index in [0.29, 0.717) is 5.57 Å². The molecule has 0 saturated carbocycles. The van der Waals surface area contributed by atoms with E-state index in [4.69, 9.17) is 0 Å². The SMILES string of the molecule is CC1=C(C)[C@H](c2ccccc2)C(C(=O)O)=C(C)N1. The highest BCUT2D eigenvalue weighted by Gasteiger charge is 2.30. The Morgan fingerprint density at radius 3 is 2.28 bits per heavy atom. The van der Waals surface area contributed by atoms with E-state index >= 15 is 0 Å². The number of hydrogen-bond donors (Lipinski definition) is 2. The molecular formula is C15H17NO2. The van der Waals surface area contributed by atoms with Crippen LogP contribution in [0.25, 0.3) is 0 Å². The second-order valence-corrected chi connectivity index (χ2v) is 4.62. The smallest absolute Gasteiger partial charge is 0.334 e. The molecule has 1 atom stereocenters. The summed E-state index contributed by atoms with van der Waals surface area (Å²) < 4.78 is 0. The minimum Gasteiger partial charge on any atom is -0.478 e. The van der Waals surface area contributed by atoms with Crippen molar-refractivity contribution in [3.8, 4) is 0 Å². The molecule has 1 aliphatic heterocycles. The quantitative estimate of drug-likeness (QED) is 0.839. The number of rotatable bonds is 2. The van der Waals surface area contributed by atoms with Gasteiger partial charge < -0.3 is 10.4 Å². The van der Waals surface area contributed by atoms with Crippen molar-refractivity contribution in [2.75, 3.05) is 0 Å². The Labute approximate surface area is 107 Å². The van der Waals surface area contributed by atoms with Crippen LogP contribution in [0.5, 0.6) is 0 Å². The Bertz CT molecular complexity index is 541. The van der Waals surface area contributed by atoms with Gasteiger partial charge in [-0.1, -0.05) is 30.3 Å². The van der Waals surface area contributed by atoms with E-state index < -0.39 is 5.97 Å². The monoisotopic (exact) mass is 243 g/mol. The molecule has 94 valence electrons. The predicted molar refractivity (Wildman–Crippen MR) is 71.0 cm³/mol. The molecule has 0 saturated heterocycles. The van der Waals surface area contributed by atoms with E-state index in [1.807, 2.05) is 51.1 Å². The molecule has 18 heavy (non-hydrogen) atoms. The molecule has 3 nitrogen and oxygen atoms in total. The van der Waals surface area contributed by atoms with Gasteiger partial charge >= 0.3 is 5.97 Å². The van der Waals surface area contributed by atoms with Crippen LogP contribution in [-0.2, 0) is 4.79 Å². The lowest BCUT2D eigenvalue weighted by molar-refractivity contribution is -0.133. The minimum atomic E-state index is -0.860. The summed E-state index contributed by atoms with van der Waals surface area (Å²) in [4.78, 5) is 11.5. The van der Waals surface area contributed by atoms with Gasteiger partial charge in [-0.3, -0.25) is 0 Å². The molecule has 0 aliphatic carbocycles. The Hall–Kier alpha value is -2.03. The molecule has 0 fully saturated rings. The van der Waals surface area contributed by atoms with Gasteiger partial charge in [0.1, 0.15) is 0 Å². The maximum Gasteiger partial charge on any atom is 0.334 e. The van der Waals surface area contributed by atoms with Gasteiger partial charge in [0.05, 0.1) is 5.57 Å². The number of hydrogen-bond acceptors (Lipinski definition) is 2. The van der Waals surface area contributed by atoms with Gasteiger partial charge in [-0.25, -0.2) is 4.79 Å². The molecule has 1 aromatic rings. The second kappa shape index (κ2) is 4.69. The topological polar surface area (TPSA) is 49.3 Å². The lowest BCUT2D eigenvalue weighted by atomic mass is 9.81. The average molecular weight is 243 g/mol. The third-order valence-electron chi connectivity index (χ3n) is 3.46. The predicted octanol–water partition coefficient (Wildman–Crippen LogP) is 3.03. The normalized spacial score (nSPS) is 19.8. The van der Waals surface area contributed by atoms with Gasteiger partial charge in [0, 0.05) is 17.3 Å². The Balaban J connectivity index is 2.58. The third-order valence-corrected chi connectivity index (χ3v) is 3.46. The molecule has 0 radical (unpaired) electrons. The zero-order chi connectivity index (χ0) is 13.3. The van der Waals surface area contributed by atoms with Gasteiger partial charge in [0.25, 0.3) is 0 Å². The first-order valence-corrected chi connectivity index (χ1v) is 5.95. The molecular weight excluding hydrogens is 226 g/mol. The molecule has 0 spiro atoms. The van der Waals surface area contributed by atoms with E-state index in [-0.39, 0.29) is 5.92 Å². The summed E-state index contributed by atoms with van der Waals surface area (Å²) in [5.41, 5.74) is 4.27. The average Bonchev–Trinajstić information content (AvgIpc) is 2.34. The second-order valence-electron chi connectivity index (χ2n) is 4.62. The standard InChI is InChI=1S/C15H17NO2/c1-9-10(2)16-11(3)14(15(17)18)13(9)12-7-5-4-6-8-12/h4-8,13,16H,1-3H3,(H,17,18)/t13-/m1/s1. The summed E-state index contributed by atoms with van der Waals surface area (Å²) in [6, 6.07) is 9.77. The molecule has 2 N–H and O–H groups in total. The van der Waals surface area contributed by atoms with Gasteiger partial charge in [0.2, 0.25) is 0 Å². The van der Waals surface area contributed by atoms with Gasteiger partial charge in [-0.15, -0.1) is 0 Å². The van der Waals surface area contributed by atoms with Crippen LogP contribution in [0.3, 0.4) is 0 Å². The molecule has 0 unspecified atom stereocenters. The summed E-state index contributed by atoms with van der Waals surface area (Å²) in [6.45, 7) is 5.78. The van der Waals surface area contributed by atoms with Gasteiger partial charge in [0.15, 0.2) is 0 Å². The maximum atomic E-state index is 11.5. The van der Waals surface area contributed by atoms with Crippen molar-refractivity contribution < 1.29 is 9.90 Å². The maximum absolute atomic E-state index is 11.5. The third kappa shape index (κ3) is 2.04. The number of carboxylic acid groups (broad SMARTS) is 1. The van der Waals surface area contributed by atoms with Crippen molar-refractivity contribution in [3.63, 3.8) is 0 Å². The van der Waals surface area contributed by atoms with Crippen molar-refractivity contribution in [1.82, 2.24) is 5.32 Å². The van der Waals surface area contributed by atoms with Crippen LogP contribution >= 0.6 is 0 Å². The van der Waals surface area contributed by atoms with Crippen molar-refractivity contribution in [3.05, 3.63) is 58.4 Å². The lowest BCUT2D eigenvalue weighted by Gasteiger charge is -2.29. The van der Waals surface area contributed by atoms with E-state index in [2.05, 4.69) is 5.32 Å². The van der Waals surface area contributed by atoms with E-state index in [1.165, 1.54) is 0 Å². The lowest BCUT2D eigenvalue weighted by Crippen LogP contribution is -2.27. The Kier molecular flexibility index (Phi) is 3.24. The molecule has 0 bridgehead atoms. The summed E-state index contributed by atoms with van der Waals surface area (Å²) in [5, 5.41) is 12.6. The van der Waals surface area contributed by atoms with Crippen LogP contribution in [0.1, 0.15) is 32.3 Å². The van der Waals surface area contributed by atoms with Gasteiger partial charge in [-0.05, 0) is 31.9 Å².